The van der Waals surface area contributed by atoms with E-state index in [0.29, 0.717) is 33.5 Å². The Hall–Kier alpha value is -2.35. The molecule has 0 saturated carbocycles. The van der Waals surface area contributed by atoms with Crippen molar-refractivity contribution < 1.29 is 13.2 Å². The summed E-state index contributed by atoms with van der Waals surface area (Å²) in [5.41, 5.74) is 1.50. The maximum absolute atomic E-state index is 13.1. The summed E-state index contributed by atoms with van der Waals surface area (Å²) in [5.74, 6) is 1.24. The van der Waals surface area contributed by atoms with Crippen LogP contribution in [0.5, 0.6) is 5.75 Å². The molecular formula is C22H24ClN3O3S. The maximum atomic E-state index is 13.1. The molecule has 30 heavy (non-hydrogen) atoms. The number of aromatic nitrogens is 1. The van der Waals surface area contributed by atoms with E-state index in [2.05, 4.69) is 10.3 Å². The van der Waals surface area contributed by atoms with E-state index in [1.165, 1.54) is 0 Å². The topological polar surface area (TPSA) is 71.5 Å². The van der Waals surface area contributed by atoms with Crippen molar-refractivity contribution in [2.45, 2.75) is 37.1 Å². The van der Waals surface area contributed by atoms with E-state index in [1.54, 1.807) is 41.7 Å². The molecule has 3 aromatic rings. The van der Waals surface area contributed by atoms with E-state index >= 15 is 0 Å². The average molecular weight is 446 g/mol. The summed E-state index contributed by atoms with van der Waals surface area (Å²) in [5, 5.41) is 4.49. The van der Waals surface area contributed by atoms with Gasteiger partial charge in [0.25, 0.3) is 0 Å². The fourth-order valence-electron chi connectivity index (χ4n) is 3.79. The normalized spacial score (nSPS) is 17.8. The van der Waals surface area contributed by atoms with Crippen LogP contribution in [-0.4, -0.2) is 37.4 Å². The highest BCUT2D eigenvalue weighted by molar-refractivity contribution is 7.89. The number of methoxy groups -OCH3 is 1. The highest BCUT2D eigenvalue weighted by atomic mass is 35.5. The van der Waals surface area contributed by atoms with Gasteiger partial charge >= 0.3 is 0 Å². The zero-order valence-electron chi connectivity index (χ0n) is 16.9. The van der Waals surface area contributed by atoms with Crippen molar-refractivity contribution in [3.63, 3.8) is 0 Å². The van der Waals surface area contributed by atoms with Gasteiger partial charge in [-0.2, -0.15) is 4.31 Å². The van der Waals surface area contributed by atoms with Crippen LogP contribution in [0.1, 0.15) is 26.2 Å². The number of fused-ring (bicyclic) bond motifs is 1. The molecule has 0 aliphatic carbocycles. The first-order chi connectivity index (χ1) is 14.4. The Labute approximate surface area is 181 Å². The molecule has 0 spiro atoms. The van der Waals surface area contributed by atoms with E-state index in [0.717, 1.165) is 30.3 Å². The molecule has 1 aliphatic rings. The van der Waals surface area contributed by atoms with Gasteiger partial charge in [-0.05, 0) is 68.3 Å². The van der Waals surface area contributed by atoms with Crippen molar-refractivity contribution in [1.82, 2.24) is 9.29 Å². The van der Waals surface area contributed by atoms with Gasteiger partial charge in [0.2, 0.25) is 10.0 Å². The Morgan fingerprint density at radius 2 is 1.97 bits per heavy atom. The first-order valence-corrected chi connectivity index (χ1v) is 11.7. The molecule has 1 aromatic heterocycles. The third-order valence-corrected chi connectivity index (χ3v) is 7.74. The van der Waals surface area contributed by atoms with Crippen molar-refractivity contribution in [1.29, 1.82) is 0 Å². The highest BCUT2D eigenvalue weighted by Gasteiger charge is 2.31. The van der Waals surface area contributed by atoms with Crippen molar-refractivity contribution >= 4 is 44.0 Å². The number of hydrogen-bond donors (Lipinski definition) is 1. The zero-order valence-corrected chi connectivity index (χ0v) is 18.5. The number of nitrogens with one attached hydrogen (secondary N) is 1. The van der Waals surface area contributed by atoms with Crippen LogP contribution in [0.25, 0.3) is 10.9 Å². The number of hydrogen-bond acceptors (Lipinski definition) is 5. The highest BCUT2D eigenvalue weighted by Crippen LogP contribution is 2.30. The second-order valence-electron chi connectivity index (χ2n) is 7.49. The second-order valence-corrected chi connectivity index (χ2v) is 9.78. The molecule has 0 bridgehead atoms. The first kappa shape index (κ1) is 20.9. The zero-order chi connectivity index (χ0) is 21.3. The molecule has 1 N–H and O–H groups in total. The predicted octanol–water partition coefficient (Wildman–Crippen LogP) is 5.20. The summed E-state index contributed by atoms with van der Waals surface area (Å²) in [4.78, 5) is 4.91. The minimum atomic E-state index is -3.51. The van der Waals surface area contributed by atoms with E-state index < -0.39 is 10.0 Å². The molecule has 6 nitrogen and oxygen atoms in total. The Balaban J connectivity index is 1.60. The molecule has 1 aliphatic heterocycles. The standard InChI is InChI=1S/C22H24ClN3O3S/c1-15-5-3-4-12-26(15)30(27,28)18-8-9-20-16(13-18)6-11-22(25-20)24-17-7-10-21(29-2)19(23)14-17/h6-11,13-15H,3-5,12H2,1-2H3,(H,24,25)/t15-/m0/s1. The Morgan fingerprint density at radius 1 is 1.13 bits per heavy atom. The molecule has 1 saturated heterocycles. The number of benzene rings is 2. The van der Waals surface area contributed by atoms with Crippen LogP contribution in [0.4, 0.5) is 11.5 Å². The summed E-state index contributed by atoms with van der Waals surface area (Å²) in [6.07, 6.45) is 2.88. The molecule has 158 valence electrons. The quantitative estimate of drug-likeness (QED) is 0.584. The molecule has 2 aromatic carbocycles. The summed E-state index contributed by atoms with van der Waals surface area (Å²) in [7, 11) is -1.94. The van der Waals surface area contributed by atoms with Gasteiger partial charge in [0.1, 0.15) is 11.6 Å². The number of ether oxygens (including phenoxy) is 1. The van der Waals surface area contributed by atoms with Gasteiger partial charge in [0, 0.05) is 23.7 Å². The number of halogens is 1. The fraction of sp³-hybridized carbons (Fsp3) is 0.318. The van der Waals surface area contributed by atoms with Gasteiger partial charge in [-0.1, -0.05) is 18.0 Å². The molecule has 1 atom stereocenters. The van der Waals surface area contributed by atoms with Crippen LogP contribution in [0.15, 0.2) is 53.4 Å². The largest absolute Gasteiger partial charge is 0.495 e. The second kappa shape index (κ2) is 8.41. The molecular weight excluding hydrogens is 422 g/mol. The molecule has 0 amide bonds. The lowest BCUT2D eigenvalue weighted by molar-refractivity contribution is 0.268. The van der Waals surface area contributed by atoms with Crippen LogP contribution >= 0.6 is 11.6 Å². The molecule has 0 unspecified atom stereocenters. The summed E-state index contributed by atoms with van der Waals surface area (Å²) < 4.78 is 33.0. The van der Waals surface area contributed by atoms with Crippen LogP contribution in [0, 0.1) is 0 Å². The van der Waals surface area contributed by atoms with Gasteiger partial charge in [0.15, 0.2) is 0 Å². The van der Waals surface area contributed by atoms with Crippen molar-refractivity contribution in [2.24, 2.45) is 0 Å². The van der Waals surface area contributed by atoms with Gasteiger partial charge in [-0.25, -0.2) is 13.4 Å². The van der Waals surface area contributed by atoms with Crippen LogP contribution in [0.2, 0.25) is 5.02 Å². The third kappa shape index (κ3) is 4.10. The van der Waals surface area contributed by atoms with E-state index in [4.69, 9.17) is 16.3 Å². The number of rotatable bonds is 5. The number of nitrogens with zero attached hydrogens (tertiary/aromatic N) is 2. The first-order valence-electron chi connectivity index (χ1n) is 9.92. The molecule has 1 fully saturated rings. The molecule has 8 heteroatoms. The molecule has 4 rings (SSSR count). The van der Waals surface area contributed by atoms with Gasteiger partial charge in [-0.15, -0.1) is 0 Å². The minimum absolute atomic E-state index is 0.0282. The number of anilines is 2. The van der Waals surface area contributed by atoms with Crippen molar-refractivity contribution in [3.05, 3.63) is 53.6 Å². The monoisotopic (exact) mass is 445 g/mol. The minimum Gasteiger partial charge on any atom is -0.495 e. The molecule has 0 radical (unpaired) electrons. The van der Waals surface area contributed by atoms with Gasteiger partial charge < -0.3 is 10.1 Å². The van der Waals surface area contributed by atoms with E-state index in [1.807, 2.05) is 25.1 Å². The number of sulfonamides is 1. The van der Waals surface area contributed by atoms with Crippen LogP contribution in [-0.2, 0) is 10.0 Å². The smallest absolute Gasteiger partial charge is 0.243 e. The number of pyridine rings is 1. The Bertz CT molecular complexity index is 1180. The fourth-order valence-corrected chi connectivity index (χ4v) is 5.78. The van der Waals surface area contributed by atoms with Crippen molar-refractivity contribution in [2.75, 3.05) is 19.0 Å². The SMILES string of the molecule is COc1ccc(Nc2ccc3cc(S(=O)(=O)N4CCCC[C@@H]4C)ccc3n2)cc1Cl. The average Bonchev–Trinajstić information content (AvgIpc) is 2.73. The lowest BCUT2D eigenvalue weighted by Crippen LogP contribution is -2.41. The third-order valence-electron chi connectivity index (χ3n) is 5.43. The number of piperidine rings is 1. The Kier molecular flexibility index (Phi) is 5.86. The summed E-state index contributed by atoms with van der Waals surface area (Å²) in [6.45, 7) is 2.55. The van der Waals surface area contributed by atoms with Crippen molar-refractivity contribution in [3.8, 4) is 5.75 Å². The summed E-state index contributed by atoms with van der Waals surface area (Å²) in [6, 6.07) is 14.2. The lowest BCUT2D eigenvalue weighted by atomic mass is 10.1. The van der Waals surface area contributed by atoms with Crippen LogP contribution in [0.3, 0.4) is 0 Å². The van der Waals surface area contributed by atoms with Gasteiger partial charge in [-0.3, -0.25) is 0 Å². The predicted molar refractivity (Wildman–Crippen MR) is 120 cm³/mol. The summed E-state index contributed by atoms with van der Waals surface area (Å²) >= 11 is 6.18. The van der Waals surface area contributed by atoms with E-state index in [9.17, 15) is 8.42 Å². The molecule has 2 heterocycles. The maximum Gasteiger partial charge on any atom is 0.243 e. The van der Waals surface area contributed by atoms with Gasteiger partial charge in [0.05, 0.1) is 22.5 Å². The Morgan fingerprint density at radius 3 is 2.70 bits per heavy atom. The lowest BCUT2D eigenvalue weighted by Gasteiger charge is -2.32. The van der Waals surface area contributed by atoms with Crippen LogP contribution < -0.4 is 10.1 Å². The van der Waals surface area contributed by atoms with E-state index in [-0.39, 0.29) is 6.04 Å².